The first-order valence-electron chi connectivity index (χ1n) is 6.76. The van der Waals surface area contributed by atoms with Gasteiger partial charge in [-0.25, -0.2) is 4.39 Å². The first-order valence-corrected chi connectivity index (χ1v) is 6.76. The molecule has 0 spiro atoms. The molecule has 7 heteroatoms. The van der Waals surface area contributed by atoms with E-state index in [1.807, 2.05) is 0 Å². The fourth-order valence-electron chi connectivity index (χ4n) is 2.41. The number of benzene rings is 1. The van der Waals surface area contributed by atoms with Crippen molar-refractivity contribution >= 4 is 17.6 Å². The Balaban J connectivity index is 2.06. The number of carbonyl (C=O) groups is 2. The van der Waals surface area contributed by atoms with Crippen LogP contribution in [0.3, 0.4) is 0 Å². The molecule has 0 aliphatic carbocycles. The molecule has 0 radical (unpaired) electrons. The zero-order chi connectivity index (χ0) is 15.4. The summed E-state index contributed by atoms with van der Waals surface area (Å²) in [6, 6.07) is 3.72. The average molecular weight is 295 g/mol. The monoisotopic (exact) mass is 295 g/mol. The van der Waals surface area contributed by atoms with Gasteiger partial charge in [0.25, 0.3) is 5.91 Å². The van der Waals surface area contributed by atoms with Crippen molar-refractivity contribution in [2.45, 2.75) is 6.42 Å². The second kappa shape index (κ2) is 6.53. The maximum atomic E-state index is 13.3. The highest BCUT2D eigenvalue weighted by atomic mass is 19.1. The molecule has 114 valence electrons. The summed E-state index contributed by atoms with van der Waals surface area (Å²) in [4.78, 5) is 26.5. The minimum atomic E-state index is -0.885. The Hall–Kier alpha value is -2.15. The van der Waals surface area contributed by atoms with Gasteiger partial charge in [0, 0.05) is 31.9 Å². The highest BCUT2D eigenvalue weighted by molar-refractivity contribution is 5.99. The van der Waals surface area contributed by atoms with Crippen LogP contribution in [0.1, 0.15) is 16.8 Å². The molecule has 1 heterocycles. The van der Waals surface area contributed by atoms with Gasteiger partial charge in [0.2, 0.25) is 0 Å². The molecule has 1 aliphatic heterocycles. The Morgan fingerprint density at radius 1 is 1.24 bits per heavy atom. The van der Waals surface area contributed by atoms with Crippen LogP contribution < -0.4 is 5.73 Å². The van der Waals surface area contributed by atoms with Crippen LogP contribution in [0.15, 0.2) is 18.2 Å². The molecule has 1 aliphatic rings. The summed E-state index contributed by atoms with van der Waals surface area (Å²) in [5, 5.41) is 8.80. The second-order valence-corrected chi connectivity index (χ2v) is 5.05. The van der Waals surface area contributed by atoms with Crippen LogP contribution in [0, 0.1) is 5.82 Å². The topological polar surface area (TPSA) is 86.9 Å². The van der Waals surface area contributed by atoms with Crippen LogP contribution in [0.25, 0.3) is 0 Å². The SMILES string of the molecule is Nc1ccc(F)cc1C(=O)N1CCCN(CC(=O)O)CC1. The van der Waals surface area contributed by atoms with Gasteiger partial charge in [-0.1, -0.05) is 0 Å². The van der Waals surface area contributed by atoms with Crippen LogP contribution >= 0.6 is 0 Å². The van der Waals surface area contributed by atoms with E-state index in [9.17, 15) is 14.0 Å². The fourth-order valence-corrected chi connectivity index (χ4v) is 2.41. The van der Waals surface area contributed by atoms with E-state index in [1.165, 1.54) is 12.1 Å². The van der Waals surface area contributed by atoms with Crippen molar-refractivity contribution in [3.63, 3.8) is 0 Å². The number of nitrogen functional groups attached to an aromatic ring is 1. The largest absolute Gasteiger partial charge is 0.480 e. The van der Waals surface area contributed by atoms with Crippen molar-refractivity contribution < 1.29 is 19.1 Å². The Kier molecular flexibility index (Phi) is 4.74. The molecule has 0 aromatic heterocycles. The molecule has 2 rings (SSSR count). The van der Waals surface area contributed by atoms with Crippen molar-refractivity contribution in [3.8, 4) is 0 Å². The number of halogens is 1. The van der Waals surface area contributed by atoms with E-state index in [4.69, 9.17) is 10.8 Å². The molecule has 0 bridgehead atoms. The highest BCUT2D eigenvalue weighted by Gasteiger charge is 2.22. The van der Waals surface area contributed by atoms with E-state index in [0.29, 0.717) is 32.6 Å². The minimum Gasteiger partial charge on any atom is -0.480 e. The summed E-state index contributed by atoms with van der Waals surface area (Å²) in [7, 11) is 0. The van der Waals surface area contributed by atoms with Crippen molar-refractivity contribution in [3.05, 3.63) is 29.6 Å². The predicted molar refractivity (Wildman–Crippen MR) is 75.4 cm³/mol. The van der Waals surface area contributed by atoms with Gasteiger partial charge in [0.05, 0.1) is 12.1 Å². The van der Waals surface area contributed by atoms with Crippen LogP contribution in [-0.2, 0) is 4.79 Å². The summed E-state index contributed by atoms with van der Waals surface area (Å²) < 4.78 is 13.3. The zero-order valence-electron chi connectivity index (χ0n) is 11.6. The number of amides is 1. The van der Waals surface area contributed by atoms with Gasteiger partial charge in [0.1, 0.15) is 5.82 Å². The standard InChI is InChI=1S/C14H18FN3O3/c15-10-2-3-12(16)11(8-10)14(21)18-5-1-4-17(6-7-18)9-13(19)20/h2-3,8H,1,4-7,9,16H2,(H,19,20). The van der Waals surface area contributed by atoms with Crippen LogP contribution in [-0.4, -0.2) is 59.5 Å². The first-order chi connectivity index (χ1) is 9.97. The van der Waals surface area contributed by atoms with E-state index >= 15 is 0 Å². The van der Waals surface area contributed by atoms with E-state index in [2.05, 4.69) is 0 Å². The summed E-state index contributed by atoms with van der Waals surface area (Å²) in [6.07, 6.45) is 0.675. The Bertz CT molecular complexity index is 550. The van der Waals surface area contributed by atoms with Crippen LogP contribution in [0.2, 0.25) is 0 Å². The lowest BCUT2D eigenvalue weighted by atomic mass is 10.1. The summed E-state index contributed by atoms with van der Waals surface area (Å²) in [5.74, 6) is -1.71. The normalized spacial score (nSPS) is 16.5. The summed E-state index contributed by atoms with van der Waals surface area (Å²) >= 11 is 0. The van der Waals surface area contributed by atoms with Crippen molar-refractivity contribution in [2.24, 2.45) is 0 Å². The maximum Gasteiger partial charge on any atom is 0.317 e. The summed E-state index contributed by atoms with van der Waals surface area (Å²) in [6.45, 7) is 1.97. The highest BCUT2D eigenvalue weighted by Crippen LogP contribution is 2.17. The summed E-state index contributed by atoms with van der Waals surface area (Å²) in [5.41, 5.74) is 6.12. The minimum absolute atomic E-state index is 0.0376. The van der Waals surface area contributed by atoms with Crippen LogP contribution in [0.4, 0.5) is 10.1 Å². The molecular weight excluding hydrogens is 277 g/mol. The number of carbonyl (C=O) groups excluding carboxylic acids is 1. The fraction of sp³-hybridized carbons (Fsp3) is 0.429. The molecule has 1 aromatic rings. The lowest BCUT2D eigenvalue weighted by Crippen LogP contribution is -2.37. The number of nitrogens with zero attached hydrogens (tertiary/aromatic N) is 2. The molecule has 0 atom stereocenters. The molecule has 0 unspecified atom stereocenters. The van der Waals surface area contributed by atoms with Crippen molar-refractivity contribution in [2.75, 3.05) is 38.5 Å². The van der Waals surface area contributed by atoms with E-state index in [0.717, 1.165) is 6.07 Å². The second-order valence-electron chi connectivity index (χ2n) is 5.05. The molecule has 1 fully saturated rings. The van der Waals surface area contributed by atoms with Gasteiger partial charge in [-0.3, -0.25) is 14.5 Å². The molecule has 1 saturated heterocycles. The molecule has 21 heavy (non-hydrogen) atoms. The molecule has 0 saturated carbocycles. The maximum absolute atomic E-state index is 13.3. The number of hydrogen-bond acceptors (Lipinski definition) is 4. The van der Waals surface area contributed by atoms with Gasteiger partial charge < -0.3 is 15.7 Å². The number of carboxylic acids is 1. The number of anilines is 1. The van der Waals surface area contributed by atoms with Gasteiger partial charge in [-0.2, -0.15) is 0 Å². The number of carboxylic acid groups (broad SMARTS) is 1. The third-order valence-electron chi connectivity index (χ3n) is 3.48. The molecule has 3 N–H and O–H groups in total. The third-order valence-corrected chi connectivity index (χ3v) is 3.48. The zero-order valence-corrected chi connectivity index (χ0v) is 11.6. The smallest absolute Gasteiger partial charge is 0.317 e. The van der Waals surface area contributed by atoms with Gasteiger partial charge in [0.15, 0.2) is 0 Å². The van der Waals surface area contributed by atoms with Crippen LogP contribution in [0.5, 0.6) is 0 Å². The predicted octanol–water partition coefficient (Wildman–Crippen LogP) is 0.640. The third kappa shape index (κ3) is 3.91. The molecule has 6 nitrogen and oxygen atoms in total. The van der Waals surface area contributed by atoms with Gasteiger partial charge in [-0.15, -0.1) is 0 Å². The molecule has 1 aromatic carbocycles. The van der Waals surface area contributed by atoms with Gasteiger partial charge >= 0.3 is 5.97 Å². The quantitative estimate of drug-likeness (QED) is 0.799. The van der Waals surface area contributed by atoms with Crippen molar-refractivity contribution in [1.29, 1.82) is 0 Å². The number of hydrogen-bond donors (Lipinski definition) is 2. The lowest BCUT2D eigenvalue weighted by Gasteiger charge is -2.22. The Labute approximate surface area is 121 Å². The Morgan fingerprint density at radius 3 is 2.71 bits per heavy atom. The number of nitrogens with two attached hydrogens (primary N) is 1. The lowest BCUT2D eigenvalue weighted by molar-refractivity contribution is -0.138. The Morgan fingerprint density at radius 2 is 2.00 bits per heavy atom. The number of aliphatic carboxylic acids is 1. The molecule has 1 amide bonds. The first kappa shape index (κ1) is 15.2. The van der Waals surface area contributed by atoms with E-state index in [1.54, 1.807) is 9.80 Å². The number of rotatable bonds is 3. The van der Waals surface area contributed by atoms with Gasteiger partial charge in [-0.05, 0) is 24.6 Å². The average Bonchev–Trinajstić information content (AvgIpc) is 2.66. The molecular formula is C14H18FN3O3. The van der Waals surface area contributed by atoms with Crippen molar-refractivity contribution in [1.82, 2.24) is 9.80 Å². The van der Waals surface area contributed by atoms with E-state index < -0.39 is 11.8 Å². The van der Waals surface area contributed by atoms with E-state index in [-0.39, 0.29) is 23.7 Å².